The highest BCUT2D eigenvalue weighted by molar-refractivity contribution is 7.47. The van der Waals surface area contributed by atoms with Crippen LogP contribution in [0.3, 0.4) is 0 Å². The topological polar surface area (TPSA) is 111 Å². The Labute approximate surface area is 551 Å². The number of nitrogens with one attached hydrogen (secondary N) is 1. The molecular formula is C79H144N2O7P+. The van der Waals surface area contributed by atoms with Crippen molar-refractivity contribution in [3.8, 4) is 0 Å². The molecule has 0 aromatic carbocycles. The van der Waals surface area contributed by atoms with Crippen molar-refractivity contribution in [2.75, 3.05) is 40.9 Å². The van der Waals surface area contributed by atoms with Gasteiger partial charge in [-0.1, -0.05) is 317 Å². The van der Waals surface area contributed by atoms with Crippen LogP contribution < -0.4 is 5.32 Å². The van der Waals surface area contributed by atoms with E-state index in [2.05, 4.69) is 111 Å². The predicted molar refractivity (Wildman–Crippen MR) is 387 cm³/mol. The number of likely N-dealkylation sites (N-methyl/N-ethyl adjacent to an activating group) is 1. The summed E-state index contributed by atoms with van der Waals surface area (Å²) in [5, 5.41) is 3.08. The minimum absolute atomic E-state index is 0.0358. The zero-order valence-corrected chi connectivity index (χ0v) is 60.1. The first-order valence-electron chi connectivity index (χ1n) is 37.6. The van der Waals surface area contributed by atoms with E-state index in [1.165, 1.54) is 199 Å². The van der Waals surface area contributed by atoms with Crippen molar-refractivity contribution < 1.29 is 37.3 Å². The number of amides is 1. The molecule has 0 aromatic rings. The smallest absolute Gasteiger partial charge is 0.456 e. The molecule has 0 bridgehead atoms. The standard InChI is InChI=1S/C79H143N2O7P/c1-7-10-13-16-19-22-25-28-30-32-34-36-38-39-40-41-43-44-46-48-50-53-56-59-62-65-68-71-78(82)80-76(75-87-89(84,85)86-74-73-81(4,5)6)77(70-67-64-61-58-55-52-27-24-21-18-15-12-9-3)88-79(83)72-69-66-63-60-57-54-51-49-47-45-42-37-35-33-31-29-26-23-20-17-14-11-8-2/h11,14,19-20,22-23,28-31,35,37,45,47,67,70,76-77H,7-10,12-13,15-18,21,24-27,32-34,36,38-44,46,48-66,68-69,71-75H2,1-6H3,(H-,80,82,84,85)/p+1/b14-11-,22-19-,23-20-,30-28-,31-29-,37-35-,47-45-,70-67-. The van der Waals surface area contributed by atoms with Gasteiger partial charge in [-0.05, 0) is 109 Å². The number of carbonyl (C=O) groups excluding carboxylic acids is 2. The maximum Gasteiger partial charge on any atom is 0.472 e. The van der Waals surface area contributed by atoms with Gasteiger partial charge in [0.25, 0.3) is 0 Å². The minimum Gasteiger partial charge on any atom is -0.456 e. The number of carbonyl (C=O) groups is 2. The lowest BCUT2D eigenvalue weighted by Crippen LogP contribution is -2.47. The summed E-state index contributed by atoms with van der Waals surface area (Å²) in [6.07, 6.45) is 92.8. The number of ether oxygens (including phenoxy) is 1. The summed E-state index contributed by atoms with van der Waals surface area (Å²) in [4.78, 5) is 38.0. The number of esters is 1. The first kappa shape index (κ1) is 85.9. The van der Waals surface area contributed by atoms with Crippen molar-refractivity contribution in [1.29, 1.82) is 0 Å². The number of quaternary nitrogens is 1. The van der Waals surface area contributed by atoms with Crippen LogP contribution in [-0.2, 0) is 27.9 Å². The van der Waals surface area contributed by atoms with Crippen LogP contribution in [0, 0.1) is 0 Å². The van der Waals surface area contributed by atoms with Gasteiger partial charge in [0.15, 0.2) is 0 Å². The van der Waals surface area contributed by atoms with E-state index >= 15 is 0 Å². The number of allylic oxidation sites excluding steroid dienone is 15. The number of phosphoric acid groups is 1. The number of hydrogen-bond donors (Lipinski definition) is 2. The number of unbranched alkanes of at least 4 members (excludes halogenated alkanes) is 38. The van der Waals surface area contributed by atoms with E-state index in [0.717, 1.165) is 109 Å². The predicted octanol–water partition coefficient (Wildman–Crippen LogP) is 24.2. The second kappa shape index (κ2) is 67.8. The average Bonchev–Trinajstić information content (AvgIpc) is 3.57. The molecule has 10 heteroatoms. The summed E-state index contributed by atoms with van der Waals surface area (Å²) < 4.78 is 30.9. The molecule has 0 aliphatic heterocycles. The van der Waals surface area contributed by atoms with Gasteiger partial charge in [0.05, 0.1) is 33.8 Å². The van der Waals surface area contributed by atoms with Crippen molar-refractivity contribution in [3.63, 3.8) is 0 Å². The van der Waals surface area contributed by atoms with Gasteiger partial charge in [-0.15, -0.1) is 0 Å². The third-order valence-corrected chi connectivity index (χ3v) is 17.5. The van der Waals surface area contributed by atoms with Crippen LogP contribution in [0.25, 0.3) is 0 Å². The Kier molecular flexibility index (Phi) is 65.5. The summed E-state index contributed by atoms with van der Waals surface area (Å²) in [5.41, 5.74) is 0. The summed E-state index contributed by atoms with van der Waals surface area (Å²) in [6.45, 7) is 6.90. The van der Waals surface area contributed by atoms with Crippen molar-refractivity contribution >= 4 is 19.7 Å². The van der Waals surface area contributed by atoms with E-state index in [1.807, 2.05) is 33.3 Å². The van der Waals surface area contributed by atoms with Crippen LogP contribution in [0.1, 0.15) is 342 Å². The van der Waals surface area contributed by atoms with Crippen LogP contribution in [0.2, 0.25) is 0 Å². The number of rotatable bonds is 68. The molecule has 0 saturated carbocycles. The lowest BCUT2D eigenvalue weighted by Gasteiger charge is -2.27. The van der Waals surface area contributed by atoms with Gasteiger partial charge in [0.1, 0.15) is 19.3 Å². The van der Waals surface area contributed by atoms with Gasteiger partial charge in [-0.25, -0.2) is 4.57 Å². The third kappa shape index (κ3) is 69.1. The van der Waals surface area contributed by atoms with Crippen LogP contribution in [0.5, 0.6) is 0 Å². The lowest BCUT2D eigenvalue weighted by atomic mass is 10.0. The van der Waals surface area contributed by atoms with Crippen LogP contribution in [0.4, 0.5) is 0 Å². The Morgan fingerprint density at radius 2 is 0.719 bits per heavy atom. The molecule has 1 amide bonds. The van der Waals surface area contributed by atoms with Crippen molar-refractivity contribution in [2.45, 2.75) is 354 Å². The van der Waals surface area contributed by atoms with Gasteiger partial charge in [0, 0.05) is 12.8 Å². The van der Waals surface area contributed by atoms with E-state index in [9.17, 15) is 19.0 Å². The molecule has 0 rings (SSSR count). The number of phosphoric ester groups is 1. The molecule has 0 spiro atoms. The molecule has 3 atom stereocenters. The zero-order chi connectivity index (χ0) is 64.9. The van der Waals surface area contributed by atoms with Gasteiger partial charge in [-0.2, -0.15) is 0 Å². The fourth-order valence-corrected chi connectivity index (χ4v) is 11.5. The van der Waals surface area contributed by atoms with Gasteiger partial charge >= 0.3 is 13.8 Å². The molecule has 0 aromatic heterocycles. The highest BCUT2D eigenvalue weighted by Gasteiger charge is 2.30. The summed E-state index contributed by atoms with van der Waals surface area (Å²) in [6, 6.07) is -0.859. The van der Waals surface area contributed by atoms with E-state index in [1.54, 1.807) is 0 Å². The number of nitrogens with zero attached hydrogens (tertiary/aromatic N) is 1. The Hall–Kier alpha value is -3.07. The molecule has 0 aliphatic carbocycles. The van der Waals surface area contributed by atoms with Gasteiger partial charge in [-0.3, -0.25) is 18.6 Å². The van der Waals surface area contributed by atoms with Crippen molar-refractivity contribution in [1.82, 2.24) is 5.32 Å². The molecule has 3 unspecified atom stereocenters. The quantitative estimate of drug-likeness (QED) is 0.0205. The van der Waals surface area contributed by atoms with Gasteiger partial charge in [0.2, 0.25) is 5.91 Å². The second-order valence-corrected chi connectivity index (χ2v) is 27.9. The third-order valence-electron chi connectivity index (χ3n) is 16.5. The summed E-state index contributed by atoms with van der Waals surface area (Å²) in [7, 11) is 1.49. The van der Waals surface area contributed by atoms with E-state index in [4.69, 9.17) is 13.8 Å². The molecule has 0 saturated heterocycles. The molecule has 0 heterocycles. The van der Waals surface area contributed by atoms with Crippen LogP contribution in [0.15, 0.2) is 97.2 Å². The Balaban J connectivity index is 5.04. The average molecular weight is 1270 g/mol. The molecular weight excluding hydrogens is 1120 g/mol. The molecule has 0 radical (unpaired) electrons. The Bertz CT molecular complexity index is 1840. The van der Waals surface area contributed by atoms with E-state index in [0.29, 0.717) is 17.4 Å². The molecule has 0 aliphatic rings. The largest absolute Gasteiger partial charge is 0.472 e. The minimum atomic E-state index is -4.46. The van der Waals surface area contributed by atoms with Gasteiger partial charge < -0.3 is 19.4 Å². The second-order valence-electron chi connectivity index (χ2n) is 26.4. The first-order valence-corrected chi connectivity index (χ1v) is 39.1. The summed E-state index contributed by atoms with van der Waals surface area (Å²) >= 11 is 0. The molecule has 516 valence electrons. The van der Waals surface area contributed by atoms with Crippen molar-refractivity contribution in [3.05, 3.63) is 97.2 Å². The zero-order valence-electron chi connectivity index (χ0n) is 59.2. The maximum absolute atomic E-state index is 13.7. The molecule has 0 fully saturated rings. The molecule has 2 N–H and O–H groups in total. The Morgan fingerprint density at radius 3 is 1.10 bits per heavy atom. The Morgan fingerprint density at radius 1 is 0.404 bits per heavy atom. The maximum atomic E-state index is 13.7. The highest BCUT2D eigenvalue weighted by Crippen LogP contribution is 2.43. The normalized spacial score (nSPS) is 14.0. The fourth-order valence-electron chi connectivity index (χ4n) is 10.8. The first-order chi connectivity index (χ1) is 43.4. The lowest BCUT2D eigenvalue weighted by molar-refractivity contribution is -0.870. The van der Waals surface area contributed by atoms with Crippen molar-refractivity contribution in [2.24, 2.45) is 0 Å². The molecule has 89 heavy (non-hydrogen) atoms. The monoisotopic (exact) mass is 1260 g/mol. The van der Waals surface area contributed by atoms with Crippen LogP contribution >= 0.6 is 7.82 Å². The van der Waals surface area contributed by atoms with Crippen LogP contribution in [-0.4, -0.2) is 74.3 Å². The number of hydrogen-bond acceptors (Lipinski definition) is 6. The highest BCUT2D eigenvalue weighted by atomic mass is 31.2. The molecule has 9 nitrogen and oxygen atoms in total. The van der Waals surface area contributed by atoms with E-state index in [-0.39, 0.29) is 31.5 Å². The fraction of sp³-hybridized carbons (Fsp3) is 0.772. The SMILES string of the molecule is CC/C=C\C/C=C\C/C=C\C/C=C\C/C=C\CCCCCCCCCC(=O)OC(/C=C\CCCCCCCCCCCCC)C(COP(=O)(O)OCC[N+](C)(C)C)NC(=O)CCCCCCCCCCCCCCCCCCC/C=C\C/C=C\CCCCC. The van der Waals surface area contributed by atoms with E-state index < -0.39 is 20.0 Å². The summed E-state index contributed by atoms with van der Waals surface area (Å²) in [5.74, 6) is -0.509.